The number of carbonyl (C=O) groups excluding carboxylic acids is 2. The third-order valence-electron chi connectivity index (χ3n) is 3.31. The van der Waals surface area contributed by atoms with Crippen LogP contribution in [0.1, 0.15) is 0 Å². The van der Waals surface area contributed by atoms with Gasteiger partial charge in [-0.25, -0.2) is 9.59 Å². The zero-order chi connectivity index (χ0) is 15.9. The second kappa shape index (κ2) is 4.98. The summed E-state index contributed by atoms with van der Waals surface area (Å²) in [6.45, 7) is 0.125. The number of urea groups is 1. The van der Waals surface area contributed by atoms with Crippen molar-refractivity contribution in [3.8, 4) is 0 Å². The Morgan fingerprint density at radius 2 is 2.18 bits per heavy atom. The lowest BCUT2D eigenvalue weighted by atomic mass is 10.3. The molecule has 10 heteroatoms. The first-order valence-electron chi connectivity index (χ1n) is 6.33. The standard InChI is InChI=1S/C12H10N4O6/c17-10(14-4-3-13-11(14)18)6-15-8-5-7(16(20)21)1-2-9(8)22-12(15)19/h1-2,5H,3-4,6H2,(H,13,18). The summed E-state index contributed by atoms with van der Waals surface area (Å²) in [6, 6.07) is 3.11. The highest BCUT2D eigenvalue weighted by atomic mass is 16.6. The molecule has 0 aliphatic carbocycles. The molecule has 1 aliphatic rings. The first-order valence-corrected chi connectivity index (χ1v) is 6.33. The summed E-state index contributed by atoms with van der Waals surface area (Å²) >= 11 is 0. The van der Waals surface area contributed by atoms with Crippen LogP contribution >= 0.6 is 0 Å². The number of fused-ring (bicyclic) bond motifs is 1. The van der Waals surface area contributed by atoms with Crippen LogP contribution in [-0.2, 0) is 11.3 Å². The van der Waals surface area contributed by atoms with Crippen molar-refractivity contribution < 1.29 is 18.9 Å². The highest BCUT2D eigenvalue weighted by Gasteiger charge is 2.27. The molecule has 0 atom stereocenters. The Morgan fingerprint density at radius 3 is 2.82 bits per heavy atom. The fourth-order valence-corrected chi connectivity index (χ4v) is 2.24. The van der Waals surface area contributed by atoms with Gasteiger partial charge in [-0.1, -0.05) is 0 Å². The SMILES string of the molecule is O=C(Cn1c(=O)oc2ccc([N+](=O)[O-])cc21)N1CCNC1=O. The zero-order valence-corrected chi connectivity index (χ0v) is 11.1. The molecule has 22 heavy (non-hydrogen) atoms. The van der Waals surface area contributed by atoms with E-state index in [9.17, 15) is 24.5 Å². The van der Waals surface area contributed by atoms with Gasteiger partial charge in [-0.3, -0.25) is 24.4 Å². The number of hydrogen-bond acceptors (Lipinski definition) is 6. The maximum atomic E-state index is 12.1. The van der Waals surface area contributed by atoms with E-state index in [-0.39, 0.29) is 23.3 Å². The Labute approximate surface area is 122 Å². The number of amides is 3. The molecule has 3 rings (SSSR count). The van der Waals surface area contributed by atoms with Crippen molar-refractivity contribution >= 4 is 28.7 Å². The molecule has 0 unspecified atom stereocenters. The first-order chi connectivity index (χ1) is 10.5. The second-order valence-electron chi connectivity index (χ2n) is 4.64. The number of rotatable bonds is 3. The average Bonchev–Trinajstić information content (AvgIpc) is 3.02. The third-order valence-corrected chi connectivity index (χ3v) is 3.31. The van der Waals surface area contributed by atoms with Crippen molar-refractivity contribution in [2.24, 2.45) is 0 Å². The van der Waals surface area contributed by atoms with Gasteiger partial charge in [0.15, 0.2) is 5.58 Å². The molecule has 2 aromatic rings. The lowest BCUT2D eigenvalue weighted by Gasteiger charge is -2.11. The average molecular weight is 306 g/mol. The van der Waals surface area contributed by atoms with Gasteiger partial charge in [0.1, 0.15) is 6.54 Å². The lowest BCUT2D eigenvalue weighted by molar-refractivity contribution is -0.384. The first kappa shape index (κ1) is 13.8. The highest BCUT2D eigenvalue weighted by molar-refractivity contribution is 5.96. The second-order valence-corrected chi connectivity index (χ2v) is 4.64. The van der Waals surface area contributed by atoms with Gasteiger partial charge >= 0.3 is 11.8 Å². The fourth-order valence-electron chi connectivity index (χ4n) is 2.24. The summed E-state index contributed by atoms with van der Waals surface area (Å²) in [5.74, 6) is -1.41. The normalized spacial score (nSPS) is 14.4. The number of oxazole rings is 1. The molecule has 114 valence electrons. The van der Waals surface area contributed by atoms with Crippen molar-refractivity contribution in [1.29, 1.82) is 0 Å². The number of nitrogens with zero attached hydrogens (tertiary/aromatic N) is 3. The van der Waals surface area contributed by atoms with Crippen LogP contribution in [0.5, 0.6) is 0 Å². The highest BCUT2D eigenvalue weighted by Crippen LogP contribution is 2.20. The van der Waals surface area contributed by atoms with Crippen LogP contribution in [0.15, 0.2) is 27.4 Å². The molecule has 0 spiro atoms. The van der Waals surface area contributed by atoms with E-state index in [2.05, 4.69) is 5.32 Å². The summed E-state index contributed by atoms with van der Waals surface area (Å²) in [6.07, 6.45) is 0. The van der Waals surface area contributed by atoms with Crippen LogP contribution in [0.25, 0.3) is 11.1 Å². The molecular weight excluding hydrogens is 296 g/mol. The van der Waals surface area contributed by atoms with Gasteiger partial charge < -0.3 is 9.73 Å². The van der Waals surface area contributed by atoms with E-state index in [0.29, 0.717) is 6.54 Å². The Bertz CT molecular complexity index is 851. The van der Waals surface area contributed by atoms with Crippen molar-refractivity contribution in [1.82, 2.24) is 14.8 Å². The summed E-state index contributed by atoms with van der Waals surface area (Å²) in [4.78, 5) is 46.5. The van der Waals surface area contributed by atoms with E-state index in [4.69, 9.17) is 4.42 Å². The van der Waals surface area contributed by atoms with Gasteiger partial charge in [0.2, 0.25) is 0 Å². The minimum Gasteiger partial charge on any atom is -0.408 e. The molecule has 0 radical (unpaired) electrons. The van der Waals surface area contributed by atoms with Crippen molar-refractivity contribution in [2.75, 3.05) is 13.1 Å². The molecule has 1 fully saturated rings. The molecule has 1 N–H and O–H groups in total. The number of nitrogens with one attached hydrogen (secondary N) is 1. The summed E-state index contributed by atoms with van der Waals surface area (Å²) in [5.41, 5.74) is 0.0369. The van der Waals surface area contributed by atoms with Gasteiger partial charge in [-0.2, -0.15) is 0 Å². The quantitative estimate of drug-likeness (QED) is 0.630. The van der Waals surface area contributed by atoms with Crippen molar-refractivity contribution in [3.63, 3.8) is 0 Å². The van der Waals surface area contributed by atoms with Gasteiger partial charge in [-0.05, 0) is 6.07 Å². The van der Waals surface area contributed by atoms with E-state index >= 15 is 0 Å². The van der Waals surface area contributed by atoms with E-state index in [1.165, 1.54) is 12.1 Å². The van der Waals surface area contributed by atoms with E-state index in [1.807, 2.05) is 0 Å². The van der Waals surface area contributed by atoms with E-state index < -0.39 is 29.2 Å². The Kier molecular flexibility index (Phi) is 3.13. The molecule has 10 nitrogen and oxygen atoms in total. The number of non-ortho nitro benzene ring substituents is 1. The molecule has 1 saturated heterocycles. The van der Waals surface area contributed by atoms with Gasteiger partial charge in [0.25, 0.3) is 11.6 Å². The zero-order valence-electron chi connectivity index (χ0n) is 11.1. The molecule has 1 aliphatic heterocycles. The fraction of sp³-hybridized carbons (Fsp3) is 0.250. The van der Waals surface area contributed by atoms with Crippen LogP contribution < -0.4 is 11.1 Å². The number of carbonyl (C=O) groups is 2. The minimum absolute atomic E-state index is 0.132. The number of benzene rings is 1. The summed E-state index contributed by atoms with van der Waals surface area (Å²) < 4.78 is 5.91. The van der Waals surface area contributed by atoms with Crippen molar-refractivity contribution in [3.05, 3.63) is 38.9 Å². The monoisotopic (exact) mass is 306 g/mol. The smallest absolute Gasteiger partial charge is 0.408 e. The molecule has 0 saturated carbocycles. The van der Waals surface area contributed by atoms with Crippen LogP contribution in [0.2, 0.25) is 0 Å². The number of nitro groups is 1. The molecule has 3 amide bonds. The van der Waals surface area contributed by atoms with Gasteiger partial charge in [-0.15, -0.1) is 0 Å². The van der Waals surface area contributed by atoms with Crippen LogP contribution in [0.3, 0.4) is 0 Å². The van der Waals surface area contributed by atoms with Crippen LogP contribution in [0.4, 0.5) is 10.5 Å². The molecule has 0 bridgehead atoms. The van der Waals surface area contributed by atoms with E-state index in [1.54, 1.807) is 0 Å². The molecule has 1 aromatic heterocycles. The summed E-state index contributed by atoms with van der Waals surface area (Å²) in [7, 11) is 0. The Morgan fingerprint density at radius 1 is 1.41 bits per heavy atom. The molecule has 2 heterocycles. The predicted octanol–water partition coefficient (Wildman–Crippen LogP) is 0.0545. The van der Waals surface area contributed by atoms with Gasteiger partial charge in [0.05, 0.1) is 10.4 Å². The molecular formula is C12H10N4O6. The number of hydrogen-bond donors (Lipinski definition) is 1. The van der Waals surface area contributed by atoms with E-state index in [0.717, 1.165) is 15.5 Å². The predicted molar refractivity (Wildman–Crippen MR) is 72.2 cm³/mol. The van der Waals surface area contributed by atoms with Crippen molar-refractivity contribution in [2.45, 2.75) is 6.54 Å². The Balaban J connectivity index is 1.99. The minimum atomic E-state index is -0.816. The maximum absolute atomic E-state index is 12.1. The third kappa shape index (κ3) is 2.20. The number of nitro benzene ring substituents is 1. The van der Waals surface area contributed by atoms with Crippen LogP contribution in [0, 0.1) is 10.1 Å². The number of imide groups is 1. The maximum Gasteiger partial charge on any atom is 0.420 e. The summed E-state index contributed by atoms with van der Waals surface area (Å²) in [5, 5.41) is 13.3. The Hall–Kier alpha value is -3.17. The van der Waals surface area contributed by atoms with Crippen LogP contribution in [-0.4, -0.2) is 39.4 Å². The lowest BCUT2D eigenvalue weighted by Crippen LogP contribution is -2.37. The number of aromatic nitrogens is 1. The largest absolute Gasteiger partial charge is 0.420 e. The molecule has 1 aromatic carbocycles. The topological polar surface area (TPSA) is 128 Å². The van der Waals surface area contributed by atoms with Gasteiger partial charge in [0, 0.05) is 25.2 Å².